The maximum atomic E-state index is 12.9. The van der Waals surface area contributed by atoms with Crippen molar-refractivity contribution >= 4 is 11.6 Å². The predicted molar refractivity (Wildman–Crippen MR) is 116 cm³/mol. The second kappa shape index (κ2) is 9.09. The molecule has 0 spiro atoms. The number of ether oxygens (including phenoxy) is 1. The van der Waals surface area contributed by atoms with Crippen LogP contribution in [0.4, 0.5) is 5.69 Å². The number of hydrogen-bond donors (Lipinski definition) is 0. The molecular formula is C23H24N4O4. The molecule has 1 aliphatic heterocycles. The molecule has 31 heavy (non-hydrogen) atoms. The van der Waals surface area contributed by atoms with Gasteiger partial charge >= 0.3 is 0 Å². The summed E-state index contributed by atoms with van der Waals surface area (Å²) >= 11 is 0. The van der Waals surface area contributed by atoms with E-state index in [1.165, 1.54) is 12.1 Å². The summed E-state index contributed by atoms with van der Waals surface area (Å²) in [6.45, 7) is 1.32. The van der Waals surface area contributed by atoms with Crippen LogP contribution in [0, 0.1) is 10.1 Å². The molecule has 1 aromatic heterocycles. The van der Waals surface area contributed by atoms with Crippen LogP contribution in [0.15, 0.2) is 60.8 Å². The molecule has 1 unspecified atom stereocenters. The summed E-state index contributed by atoms with van der Waals surface area (Å²) in [6.07, 6.45) is 4.13. The van der Waals surface area contributed by atoms with E-state index in [9.17, 15) is 14.9 Å². The van der Waals surface area contributed by atoms with Crippen LogP contribution < -0.4 is 0 Å². The zero-order valence-electron chi connectivity index (χ0n) is 17.3. The van der Waals surface area contributed by atoms with Crippen LogP contribution >= 0.6 is 0 Å². The van der Waals surface area contributed by atoms with Gasteiger partial charge in [0.25, 0.3) is 5.69 Å². The van der Waals surface area contributed by atoms with E-state index >= 15 is 0 Å². The number of aromatic nitrogens is 2. The molecule has 0 N–H and O–H groups in total. The highest BCUT2D eigenvalue weighted by Crippen LogP contribution is 2.26. The van der Waals surface area contributed by atoms with Crippen molar-refractivity contribution < 1.29 is 14.5 Å². The molecule has 1 fully saturated rings. The van der Waals surface area contributed by atoms with Gasteiger partial charge < -0.3 is 9.64 Å². The number of non-ortho nitro benzene ring substituents is 1. The fourth-order valence-corrected chi connectivity index (χ4v) is 3.73. The SMILES string of the molecule is CN(CC1CCCO1)C(=O)Cc1cn(-c2ccccc2)nc1-c1ccc([N+](=O)[O-])cc1. The first-order valence-corrected chi connectivity index (χ1v) is 10.3. The lowest BCUT2D eigenvalue weighted by atomic mass is 10.0. The van der Waals surface area contributed by atoms with Crippen molar-refractivity contribution in [3.8, 4) is 16.9 Å². The first-order valence-electron chi connectivity index (χ1n) is 10.3. The molecule has 0 radical (unpaired) electrons. The minimum atomic E-state index is -0.434. The third kappa shape index (κ3) is 4.80. The number of benzene rings is 2. The van der Waals surface area contributed by atoms with E-state index in [0.29, 0.717) is 12.2 Å². The number of nitro groups is 1. The zero-order chi connectivity index (χ0) is 21.8. The van der Waals surface area contributed by atoms with Crippen molar-refractivity contribution in [2.75, 3.05) is 20.2 Å². The van der Waals surface area contributed by atoms with Crippen LogP contribution in [0.1, 0.15) is 18.4 Å². The Balaban J connectivity index is 1.62. The van der Waals surface area contributed by atoms with Gasteiger partial charge in [0.05, 0.1) is 28.8 Å². The van der Waals surface area contributed by atoms with E-state index in [2.05, 4.69) is 0 Å². The first kappa shape index (κ1) is 20.7. The molecule has 160 valence electrons. The predicted octanol–water partition coefficient (Wildman–Crippen LogP) is 3.63. The van der Waals surface area contributed by atoms with Crippen LogP contribution in [0.25, 0.3) is 16.9 Å². The summed E-state index contributed by atoms with van der Waals surface area (Å²) < 4.78 is 7.38. The van der Waals surface area contributed by atoms with Crippen molar-refractivity contribution in [2.45, 2.75) is 25.4 Å². The zero-order valence-corrected chi connectivity index (χ0v) is 17.3. The van der Waals surface area contributed by atoms with Gasteiger partial charge in [0.2, 0.25) is 5.91 Å². The monoisotopic (exact) mass is 420 g/mol. The molecule has 2 aromatic carbocycles. The Morgan fingerprint density at radius 1 is 1.23 bits per heavy atom. The normalized spacial score (nSPS) is 15.7. The number of rotatable bonds is 7. The number of carbonyl (C=O) groups is 1. The van der Waals surface area contributed by atoms with Gasteiger partial charge in [-0.1, -0.05) is 18.2 Å². The number of likely N-dealkylation sites (N-methyl/N-ethyl adjacent to an activating group) is 1. The third-order valence-electron chi connectivity index (χ3n) is 5.43. The molecule has 2 heterocycles. The molecule has 3 aromatic rings. The van der Waals surface area contributed by atoms with Crippen molar-refractivity contribution in [1.29, 1.82) is 0 Å². The van der Waals surface area contributed by atoms with E-state index in [1.807, 2.05) is 36.5 Å². The first-order chi connectivity index (χ1) is 15.0. The van der Waals surface area contributed by atoms with Crippen molar-refractivity contribution in [3.63, 3.8) is 0 Å². The number of nitrogens with zero attached hydrogens (tertiary/aromatic N) is 4. The van der Waals surface area contributed by atoms with E-state index in [1.54, 1.807) is 28.8 Å². The van der Waals surface area contributed by atoms with E-state index in [0.717, 1.165) is 36.3 Å². The Labute approximate surface area is 180 Å². The molecule has 4 rings (SSSR count). The van der Waals surface area contributed by atoms with Crippen LogP contribution in [0.3, 0.4) is 0 Å². The topological polar surface area (TPSA) is 90.5 Å². The quantitative estimate of drug-likeness (QED) is 0.430. The van der Waals surface area contributed by atoms with Crippen molar-refractivity contribution in [3.05, 3.63) is 76.5 Å². The minimum absolute atomic E-state index is 0.0140. The van der Waals surface area contributed by atoms with Gasteiger partial charge in [-0.2, -0.15) is 5.10 Å². The van der Waals surface area contributed by atoms with Gasteiger partial charge in [0.1, 0.15) is 0 Å². The Bertz CT molecular complexity index is 1060. The van der Waals surface area contributed by atoms with Gasteiger partial charge in [0.15, 0.2) is 0 Å². The highest BCUT2D eigenvalue weighted by atomic mass is 16.6. The average molecular weight is 420 g/mol. The molecule has 1 amide bonds. The molecule has 1 aliphatic rings. The third-order valence-corrected chi connectivity index (χ3v) is 5.43. The molecular weight excluding hydrogens is 396 g/mol. The lowest BCUT2D eigenvalue weighted by Gasteiger charge is -2.20. The number of para-hydroxylation sites is 1. The smallest absolute Gasteiger partial charge is 0.269 e. The second-order valence-electron chi connectivity index (χ2n) is 7.67. The lowest BCUT2D eigenvalue weighted by Crippen LogP contribution is -2.35. The maximum Gasteiger partial charge on any atom is 0.269 e. The van der Waals surface area contributed by atoms with Crippen LogP contribution in [0.2, 0.25) is 0 Å². The van der Waals surface area contributed by atoms with Crippen molar-refractivity contribution in [1.82, 2.24) is 14.7 Å². The molecule has 1 atom stereocenters. The highest BCUT2D eigenvalue weighted by molar-refractivity contribution is 5.81. The molecule has 1 saturated heterocycles. The fourth-order valence-electron chi connectivity index (χ4n) is 3.73. The van der Waals surface area contributed by atoms with Crippen molar-refractivity contribution in [2.24, 2.45) is 0 Å². The largest absolute Gasteiger partial charge is 0.376 e. The van der Waals surface area contributed by atoms with E-state index in [4.69, 9.17) is 9.84 Å². The number of carbonyl (C=O) groups excluding carboxylic acids is 1. The minimum Gasteiger partial charge on any atom is -0.376 e. The number of nitro benzene ring substituents is 1. The summed E-state index contributed by atoms with van der Waals surface area (Å²) in [5, 5.41) is 15.7. The van der Waals surface area contributed by atoms with Gasteiger partial charge in [-0.3, -0.25) is 14.9 Å². The van der Waals surface area contributed by atoms with Gasteiger partial charge in [-0.25, -0.2) is 4.68 Å². The van der Waals surface area contributed by atoms with Crippen LogP contribution in [0.5, 0.6) is 0 Å². The highest BCUT2D eigenvalue weighted by Gasteiger charge is 2.22. The Morgan fingerprint density at radius 3 is 2.61 bits per heavy atom. The van der Waals surface area contributed by atoms with Crippen LogP contribution in [-0.4, -0.2) is 51.8 Å². The number of hydrogen-bond acceptors (Lipinski definition) is 5. The Kier molecular flexibility index (Phi) is 6.08. The lowest BCUT2D eigenvalue weighted by molar-refractivity contribution is -0.384. The average Bonchev–Trinajstić information content (AvgIpc) is 3.44. The summed E-state index contributed by atoms with van der Waals surface area (Å²) in [7, 11) is 1.79. The van der Waals surface area contributed by atoms with Gasteiger partial charge in [-0.05, 0) is 37.1 Å². The van der Waals surface area contributed by atoms with E-state index < -0.39 is 4.92 Å². The molecule has 8 nitrogen and oxygen atoms in total. The summed E-state index contributed by atoms with van der Waals surface area (Å²) in [6, 6.07) is 15.9. The number of amides is 1. The van der Waals surface area contributed by atoms with Crippen LogP contribution in [-0.2, 0) is 16.0 Å². The van der Waals surface area contributed by atoms with Gasteiger partial charge in [0, 0.05) is 49.7 Å². The Hall–Kier alpha value is -3.52. The standard InChI is InChI=1S/C23H24N4O4/c1-25(16-21-8-5-13-31-21)22(28)14-18-15-26(19-6-3-2-4-7-19)24-23(18)17-9-11-20(12-10-17)27(29)30/h2-4,6-7,9-12,15,21H,5,8,13-14,16H2,1H3. The molecule has 8 heteroatoms. The molecule has 0 saturated carbocycles. The van der Waals surface area contributed by atoms with E-state index in [-0.39, 0.29) is 24.1 Å². The summed E-state index contributed by atoms with van der Waals surface area (Å²) in [5.41, 5.74) is 3.02. The second-order valence-corrected chi connectivity index (χ2v) is 7.67. The fraction of sp³-hybridized carbons (Fsp3) is 0.304. The maximum absolute atomic E-state index is 12.9. The Morgan fingerprint density at radius 2 is 1.97 bits per heavy atom. The summed E-state index contributed by atoms with van der Waals surface area (Å²) in [4.78, 5) is 25.2. The van der Waals surface area contributed by atoms with Gasteiger partial charge in [-0.15, -0.1) is 0 Å². The molecule has 0 bridgehead atoms. The summed E-state index contributed by atoms with van der Waals surface area (Å²) in [5.74, 6) is -0.0220. The molecule has 0 aliphatic carbocycles.